The van der Waals surface area contributed by atoms with Crippen LogP contribution in [0.2, 0.25) is 0 Å². The Labute approximate surface area is 98.6 Å². The Hall–Kier alpha value is -1.76. The van der Waals surface area contributed by atoms with Crippen LogP contribution in [0.1, 0.15) is 13.3 Å². The third-order valence-electron chi connectivity index (χ3n) is 3.38. The van der Waals surface area contributed by atoms with Gasteiger partial charge in [-0.25, -0.2) is 0 Å². The first-order valence-corrected chi connectivity index (χ1v) is 5.78. The second-order valence-electron chi connectivity index (χ2n) is 4.57. The predicted octanol–water partition coefficient (Wildman–Crippen LogP) is -0.307. The van der Waals surface area contributed by atoms with E-state index in [2.05, 4.69) is 32.3 Å². The first kappa shape index (κ1) is 10.4. The largest absolute Gasteiger partial charge is 0.355 e. The van der Waals surface area contributed by atoms with Crippen LogP contribution in [-0.2, 0) is 0 Å². The SMILES string of the molecule is CC(N)C1CCN(c2cncc3nnnn23)C1. The lowest BCUT2D eigenvalue weighted by atomic mass is 10.0. The molecule has 2 aromatic rings. The van der Waals surface area contributed by atoms with Crippen molar-refractivity contribution in [3.05, 3.63) is 12.4 Å². The van der Waals surface area contributed by atoms with Crippen molar-refractivity contribution in [1.82, 2.24) is 25.0 Å². The molecular weight excluding hydrogens is 218 g/mol. The second-order valence-corrected chi connectivity index (χ2v) is 4.57. The summed E-state index contributed by atoms with van der Waals surface area (Å²) < 4.78 is 1.72. The van der Waals surface area contributed by atoms with Crippen LogP contribution in [0.15, 0.2) is 12.4 Å². The zero-order valence-corrected chi connectivity index (χ0v) is 9.69. The molecule has 1 aliphatic heterocycles. The highest BCUT2D eigenvalue weighted by molar-refractivity contribution is 5.46. The molecule has 1 fully saturated rings. The van der Waals surface area contributed by atoms with E-state index < -0.39 is 0 Å². The molecule has 0 saturated carbocycles. The van der Waals surface area contributed by atoms with Crippen LogP contribution >= 0.6 is 0 Å². The summed E-state index contributed by atoms with van der Waals surface area (Å²) in [5, 5.41) is 11.5. The monoisotopic (exact) mass is 233 g/mol. The van der Waals surface area contributed by atoms with Crippen molar-refractivity contribution in [2.45, 2.75) is 19.4 Å². The molecular formula is C10H15N7. The van der Waals surface area contributed by atoms with Gasteiger partial charge in [-0.05, 0) is 29.7 Å². The summed E-state index contributed by atoms with van der Waals surface area (Å²) in [5.41, 5.74) is 6.61. The zero-order valence-electron chi connectivity index (χ0n) is 9.69. The van der Waals surface area contributed by atoms with E-state index in [0.29, 0.717) is 11.6 Å². The number of nitrogens with zero attached hydrogens (tertiary/aromatic N) is 6. The fourth-order valence-corrected chi connectivity index (χ4v) is 2.30. The maximum Gasteiger partial charge on any atom is 0.199 e. The Kier molecular flexibility index (Phi) is 2.40. The Morgan fingerprint density at radius 3 is 3.12 bits per heavy atom. The van der Waals surface area contributed by atoms with E-state index in [-0.39, 0.29) is 6.04 Å². The van der Waals surface area contributed by atoms with Gasteiger partial charge in [0.1, 0.15) is 0 Å². The number of hydrogen-bond acceptors (Lipinski definition) is 6. The minimum Gasteiger partial charge on any atom is -0.355 e. The van der Waals surface area contributed by atoms with E-state index in [4.69, 9.17) is 5.73 Å². The zero-order chi connectivity index (χ0) is 11.8. The van der Waals surface area contributed by atoms with Crippen LogP contribution in [-0.4, -0.2) is 44.2 Å². The van der Waals surface area contributed by atoms with Gasteiger partial charge < -0.3 is 10.6 Å². The predicted molar refractivity (Wildman–Crippen MR) is 62.5 cm³/mol. The summed E-state index contributed by atoms with van der Waals surface area (Å²) in [4.78, 5) is 6.40. The van der Waals surface area contributed by atoms with E-state index >= 15 is 0 Å². The van der Waals surface area contributed by atoms with Crippen LogP contribution in [0.5, 0.6) is 0 Å². The van der Waals surface area contributed by atoms with Gasteiger partial charge in [0.05, 0.1) is 12.4 Å². The van der Waals surface area contributed by atoms with Crippen LogP contribution in [0.4, 0.5) is 5.82 Å². The van der Waals surface area contributed by atoms with Gasteiger partial charge in [-0.2, -0.15) is 4.52 Å². The Morgan fingerprint density at radius 1 is 1.47 bits per heavy atom. The highest BCUT2D eigenvalue weighted by atomic mass is 15.5. The lowest BCUT2D eigenvalue weighted by molar-refractivity contribution is 0.487. The topological polar surface area (TPSA) is 85.2 Å². The number of rotatable bonds is 2. The van der Waals surface area contributed by atoms with Crippen molar-refractivity contribution in [2.75, 3.05) is 18.0 Å². The minimum atomic E-state index is 0.223. The van der Waals surface area contributed by atoms with Crippen molar-refractivity contribution in [2.24, 2.45) is 11.7 Å². The molecule has 3 heterocycles. The normalized spacial score (nSPS) is 22.2. The Bertz CT molecular complexity index is 520. The first-order valence-electron chi connectivity index (χ1n) is 5.78. The summed E-state index contributed by atoms with van der Waals surface area (Å²) in [6.07, 6.45) is 4.56. The van der Waals surface area contributed by atoms with Crippen molar-refractivity contribution >= 4 is 11.5 Å². The molecule has 0 aliphatic carbocycles. The quantitative estimate of drug-likeness (QED) is 0.766. The molecule has 7 heteroatoms. The van der Waals surface area contributed by atoms with Crippen molar-refractivity contribution in [3.63, 3.8) is 0 Å². The van der Waals surface area contributed by atoms with Crippen LogP contribution in [0.25, 0.3) is 5.65 Å². The lowest BCUT2D eigenvalue weighted by Gasteiger charge is -2.19. The second kappa shape index (κ2) is 3.92. The number of anilines is 1. The fraction of sp³-hybridized carbons (Fsp3) is 0.600. The average molecular weight is 233 g/mol. The van der Waals surface area contributed by atoms with Crippen molar-refractivity contribution < 1.29 is 0 Å². The van der Waals surface area contributed by atoms with E-state index in [1.54, 1.807) is 16.9 Å². The van der Waals surface area contributed by atoms with E-state index in [1.165, 1.54) is 0 Å². The van der Waals surface area contributed by atoms with E-state index in [9.17, 15) is 0 Å². The molecule has 2 unspecified atom stereocenters. The molecule has 7 nitrogen and oxygen atoms in total. The van der Waals surface area contributed by atoms with Gasteiger partial charge in [0.15, 0.2) is 11.5 Å². The molecule has 2 aromatic heterocycles. The van der Waals surface area contributed by atoms with E-state index in [1.807, 2.05) is 0 Å². The average Bonchev–Trinajstić information content (AvgIpc) is 2.97. The summed E-state index contributed by atoms with van der Waals surface area (Å²) in [6.45, 7) is 3.98. The van der Waals surface area contributed by atoms with Crippen molar-refractivity contribution in [1.29, 1.82) is 0 Å². The van der Waals surface area contributed by atoms with Gasteiger partial charge in [-0.3, -0.25) is 4.98 Å². The molecule has 1 saturated heterocycles. The van der Waals surface area contributed by atoms with E-state index in [0.717, 1.165) is 25.3 Å². The highest BCUT2D eigenvalue weighted by Crippen LogP contribution is 2.24. The molecule has 0 bridgehead atoms. The number of fused-ring (bicyclic) bond motifs is 1. The number of aromatic nitrogens is 5. The van der Waals surface area contributed by atoms with Gasteiger partial charge in [0.25, 0.3) is 0 Å². The van der Waals surface area contributed by atoms with Crippen molar-refractivity contribution in [3.8, 4) is 0 Å². The number of tetrazole rings is 1. The van der Waals surface area contributed by atoms with Crippen LogP contribution < -0.4 is 10.6 Å². The van der Waals surface area contributed by atoms with Gasteiger partial charge >= 0.3 is 0 Å². The summed E-state index contributed by atoms with van der Waals surface area (Å²) >= 11 is 0. The molecule has 0 amide bonds. The van der Waals surface area contributed by atoms with Gasteiger partial charge in [0.2, 0.25) is 0 Å². The van der Waals surface area contributed by atoms with Gasteiger partial charge in [0, 0.05) is 19.1 Å². The molecule has 90 valence electrons. The van der Waals surface area contributed by atoms with Crippen LogP contribution in [0.3, 0.4) is 0 Å². The first-order chi connectivity index (χ1) is 8.25. The molecule has 0 aromatic carbocycles. The third kappa shape index (κ3) is 1.72. The van der Waals surface area contributed by atoms with Gasteiger partial charge in [-0.15, -0.1) is 5.10 Å². The highest BCUT2D eigenvalue weighted by Gasteiger charge is 2.27. The molecule has 17 heavy (non-hydrogen) atoms. The summed E-state index contributed by atoms with van der Waals surface area (Å²) in [7, 11) is 0. The number of hydrogen-bond donors (Lipinski definition) is 1. The Balaban J connectivity index is 1.92. The maximum absolute atomic E-state index is 5.94. The summed E-state index contributed by atoms with van der Waals surface area (Å²) in [5.74, 6) is 1.47. The molecule has 2 N–H and O–H groups in total. The molecule has 0 spiro atoms. The number of nitrogens with two attached hydrogens (primary N) is 1. The molecule has 2 atom stereocenters. The molecule has 0 radical (unpaired) electrons. The third-order valence-corrected chi connectivity index (χ3v) is 3.38. The maximum atomic E-state index is 5.94. The fourth-order valence-electron chi connectivity index (χ4n) is 2.30. The van der Waals surface area contributed by atoms with Gasteiger partial charge in [-0.1, -0.05) is 0 Å². The van der Waals surface area contributed by atoms with Crippen LogP contribution in [0, 0.1) is 5.92 Å². The minimum absolute atomic E-state index is 0.223. The standard InChI is InChI=1S/C10H15N7/c1-7(11)8-2-3-16(6-8)10-5-12-4-9-13-14-15-17(9)10/h4-5,7-8H,2-3,6,11H2,1H3. The smallest absolute Gasteiger partial charge is 0.199 e. The molecule has 3 rings (SSSR count). The molecule has 1 aliphatic rings. The summed E-state index contributed by atoms with van der Waals surface area (Å²) in [6, 6.07) is 0.223. The Morgan fingerprint density at radius 2 is 2.35 bits per heavy atom. The lowest BCUT2D eigenvalue weighted by Crippen LogP contribution is -2.30.